The van der Waals surface area contributed by atoms with E-state index >= 15 is 0 Å². The van der Waals surface area contributed by atoms with Crippen molar-refractivity contribution < 1.29 is 12.8 Å². The van der Waals surface area contributed by atoms with Gasteiger partial charge in [0.05, 0.1) is 5.25 Å². The van der Waals surface area contributed by atoms with Crippen molar-refractivity contribution in [3.8, 4) is 0 Å². The molecule has 2 nitrogen and oxygen atoms in total. The van der Waals surface area contributed by atoms with Gasteiger partial charge in [-0.15, -0.1) is 0 Å². The summed E-state index contributed by atoms with van der Waals surface area (Å²) in [6.07, 6.45) is 3.89. The molecule has 1 aliphatic rings. The zero-order valence-corrected chi connectivity index (χ0v) is 6.92. The predicted octanol–water partition coefficient (Wildman–Crippen LogP) is 1.03. The molecule has 1 rings (SSSR count). The maximum absolute atomic E-state index is 12.4. The second-order valence-corrected chi connectivity index (χ2v) is 3.71. The summed E-state index contributed by atoms with van der Waals surface area (Å²) in [6, 6.07) is 0. The minimum absolute atomic E-state index is 0.249. The van der Waals surface area contributed by atoms with Gasteiger partial charge in [-0.3, -0.25) is 0 Å². The number of halogens is 1. The highest BCUT2D eigenvalue weighted by molar-refractivity contribution is 7.73. The van der Waals surface area contributed by atoms with Crippen molar-refractivity contribution in [1.82, 2.24) is 0 Å². The van der Waals surface area contributed by atoms with E-state index in [4.69, 9.17) is 0 Å². The standard InChI is InChI=1S/C7H9FO2S/c1-5-4-6(8)2-3-7(5)11(9)10/h2-5,7,11H,1H3. The molecule has 2 atom stereocenters. The first kappa shape index (κ1) is 8.46. The van der Waals surface area contributed by atoms with E-state index in [1.165, 1.54) is 18.2 Å². The molecule has 0 bridgehead atoms. The molecule has 0 aromatic rings. The van der Waals surface area contributed by atoms with Crippen molar-refractivity contribution in [3.05, 3.63) is 24.1 Å². The summed E-state index contributed by atoms with van der Waals surface area (Å²) in [6.45, 7) is 1.68. The second-order valence-electron chi connectivity index (χ2n) is 2.55. The van der Waals surface area contributed by atoms with Crippen molar-refractivity contribution >= 4 is 10.7 Å². The van der Waals surface area contributed by atoms with Crippen LogP contribution in [0.3, 0.4) is 0 Å². The van der Waals surface area contributed by atoms with Crippen LogP contribution in [0.2, 0.25) is 0 Å². The average Bonchev–Trinajstić information content (AvgIpc) is 1.85. The molecule has 0 amide bonds. The zero-order valence-electron chi connectivity index (χ0n) is 6.03. The molecule has 0 aliphatic heterocycles. The summed E-state index contributed by atoms with van der Waals surface area (Å²) in [5.41, 5.74) is 0. The van der Waals surface area contributed by atoms with Crippen LogP contribution in [0.5, 0.6) is 0 Å². The van der Waals surface area contributed by atoms with Crippen LogP contribution in [0.15, 0.2) is 24.1 Å². The summed E-state index contributed by atoms with van der Waals surface area (Å²) in [7, 11) is -2.48. The number of rotatable bonds is 1. The Bertz CT molecular complexity index is 270. The van der Waals surface area contributed by atoms with E-state index in [1.54, 1.807) is 6.92 Å². The van der Waals surface area contributed by atoms with E-state index in [0.717, 1.165) is 0 Å². The highest BCUT2D eigenvalue weighted by Crippen LogP contribution is 2.19. The molecule has 0 fully saturated rings. The van der Waals surface area contributed by atoms with Crippen molar-refractivity contribution in [2.45, 2.75) is 12.2 Å². The van der Waals surface area contributed by atoms with Gasteiger partial charge < -0.3 is 0 Å². The summed E-state index contributed by atoms with van der Waals surface area (Å²) in [5.74, 6) is -0.605. The van der Waals surface area contributed by atoms with Gasteiger partial charge in [-0.2, -0.15) is 0 Å². The second kappa shape index (κ2) is 3.17. The van der Waals surface area contributed by atoms with Gasteiger partial charge in [0.2, 0.25) is 0 Å². The topological polar surface area (TPSA) is 34.1 Å². The van der Waals surface area contributed by atoms with Crippen LogP contribution < -0.4 is 0 Å². The Morgan fingerprint density at radius 3 is 2.64 bits per heavy atom. The molecule has 0 N–H and O–H groups in total. The van der Waals surface area contributed by atoms with Gasteiger partial charge >= 0.3 is 0 Å². The highest BCUT2D eigenvalue weighted by Gasteiger charge is 2.18. The molecule has 0 aromatic heterocycles. The van der Waals surface area contributed by atoms with Gasteiger partial charge in [-0.25, -0.2) is 12.8 Å². The first-order valence-corrected chi connectivity index (χ1v) is 4.55. The van der Waals surface area contributed by atoms with Crippen LogP contribution in [-0.2, 0) is 10.7 Å². The van der Waals surface area contributed by atoms with Crippen LogP contribution >= 0.6 is 0 Å². The third kappa shape index (κ3) is 1.89. The first-order chi connectivity index (χ1) is 5.11. The van der Waals surface area contributed by atoms with Gasteiger partial charge in [0.25, 0.3) is 0 Å². The lowest BCUT2D eigenvalue weighted by Gasteiger charge is -2.14. The van der Waals surface area contributed by atoms with Crippen molar-refractivity contribution in [1.29, 1.82) is 0 Å². The minimum atomic E-state index is -2.48. The molecule has 0 saturated carbocycles. The lowest BCUT2D eigenvalue weighted by atomic mass is 10.0. The Kier molecular flexibility index (Phi) is 2.44. The molecule has 0 spiro atoms. The number of allylic oxidation sites excluding steroid dienone is 3. The molecule has 11 heavy (non-hydrogen) atoms. The Labute approximate surface area is 66.4 Å². The Morgan fingerprint density at radius 2 is 2.18 bits per heavy atom. The van der Waals surface area contributed by atoms with Gasteiger partial charge in [0.1, 0.15) is 16.5 Å². The molecule has 0 heterocycles. The van der Waals surface area contributed by atoms with Crippen molar-refractivity contribution in [3.63, 3.8) is 0 Å². The van der Waals surface area contributed by atoms with E-state index in [2.05, 4.69) is 0 Å². The molecular weight excluding hydrogens is 167 g/mol. The monoisotopic (exact) mass is 176 g/mol. The van der Waals surface area contributed by atoms with Gasteiger partial charge in [-0.05, 0) is 18.1 Å². The zero-order chi connectivity index (χ0) is 8.43. The van der Waals surface area contributed by atoms with Crippen LogP contribution in [-0.4, -0.2) is 13.7 Å². The molecule has 4 heteroatoms. The number of hydrogen-bond donors (Lipinski definition) is 1. The predicted molar refractivity (Wildman–Crippen MR) is 41.6 cm³/mol. The minimum Gasteiger partial charge on any atom is -0.231 e. The highest BCUT2D eigenvalue weighted by atomic mass is 32.2. The quantitative estimate of drug-likeness (QED) is 0.605. The molecule has 2 unspecified atom stereocenters. The smallest absolute Gasteiger partial charge is 0.147 e. The molecule has 1 aliphatic carbocycles. The Balaban J connectivity index is 2.85. The third-order valence-corrected chi connectivity index (χ3v) is 2.79. The maximum atomic E-state index is 12.4. The van der Waals surface area contributed by atoms with Gasteiger partial charge in [0, 0.05) is 0 Å². The summed E-state index contributed by atoms with van der Waals surface area (Å²) in [5, 5.41) is -0.538. The number of thiol groups is 1. The molecule has 62 valence electrons. The first-order valence-electron chi connectivity index (χ1n) is 3.30. The lowest BCUT2D eigenvalue weighted by molar-refractivity contribution is 0.579. The lowest BCUT2D eigenvalue weighted by Crippen LogP contribution is -2.17. The van der Waals surface area contributed by atoms with Gasteiger partial charge in [0.15, 0.2) is 0 Å². The molecular formula is C7H9FO2S. The van der Waals surface area contributed by atoms with Crippen molar-refractivity contribution in [2.24, 2.45) is 5.92 Å². The van der Waals surface area contributed by atoms with Crippen LogP contribution in [0.1, 0.15) is 6.92 Å². The maximum Gasteiger partial charge on any atom is 0.147 e. The summed E-state index contributed by atoms with van der Waals surface area (Å²) in [4.78, 5) is 0. The number of hydrogen-bond acceptors (Lipinski definition) is 2. The third-order valence-electron chi connectivity index (χ3n) is 1.66. The fourth-order valence-electron chi connectivity index (χ4n) is 1.03. The summed E-state index contributed by atoms with van der Waals surface area (Å²) >= 11 is 0. The van der Waals surface area contributed by atoms with E-state index in [9.17, 15) is 12.8 Å². The fraction of sp³-hybridized carbons (Fsp3) is 0.429. The SMILES string of the molecule is CC1C=C(F)C=CC1[SH](=O)=O. The van der Waals surface area contributed by atoms with E-state index < -0.39 is 16.0 Å². The van der Waals surface area contributed by atoms with E-state index in [0.29, 0.717) is 0 Å². The van der Waals surface area contributed by atoms with Crippen LogP contribution in [0.25, 0.3) is 0 Å². The van der Waals surface area contributed by atoms with Crippen molar-refractivity contribution in [2.75, 3.05) is 0 Å². The Hall–Kier alpha value is -0.640. The van der Waals surface area contributed by atoms with E-state index in [-0.39, 0.29) is 11.7 Å². The molecule has 0 aromatic carbocycles. The van der Waals surface area contributed by atoms with Gasteiger partial charge in [-0.1, -0.05) is 13.0 Å². The summed E-state index contributed by atoms with van der Waals surface area (Å²) < 4.78 is 33.5. The van der Waals surface area contributed by atoms with E-state index in [1.807, 2.05) is 0 Å². The molecule has 0 saturated heterocycles. The normalized spacial score (nSPS) is 30.6. The average molecular weight is 176 g/mol. The van der Waals surface area contributed by atoms with Crippen LogP contribution in [0.4, 0.5) is 4.39 Å². The Morgan fingerprint density at radius 1 is 1.55 bits per heavy atom. The fourth-order valence-corrected chi connectivity index (χ4v) is 1.73. The van der Waals surface area contributed by atoms with Crippen LogP contribution in [0, 0.1) is 5.92 Å². The molecule has 0 radical (unpaired) electrons. The largest absolute Gasteiger partial charge is 0.231 e.